The maximum Gasteiger partial charge on any atom is 0.323 e. The van der Waals surface area contributed by atoms with E-state index in [4.69, 9.17) is 15.9 Å². The van der Waals surface area contributed by atoms with Crippen LogP contribution >= 0.6 is 0 Å². The van der Waals surface area contributed by atoms with Crippen LogP contribution in [0.2, 0.25) is 0 Å². The molecule has 1 unspecified atom stereocenters. The zero-order chi connectivity index (χ0) is 11.6. The summed E-state index contributed by atoms with van der Waals surface area (Å²) in [6.07, 6.45) is 3.59. The fourth-order valence-corrected chi connectivity index (χ4v) is 1.52. The first-order valence-corrected chi connectivity index (χ1v) is 4.65. The molecule has 1 rings (SSSR count). The van der Waals surface area contributed by atoms with Crippen molar-refractivity contribution in [2.75, 3.05) is 0 Å². The van der Waals surface area contributed by atoms with E-state index in [1.54, 1.807) is 0 Å². The molecule has 0 fully saturated rings. The van der Waals surface area contributed by atoms with Gasteiger partial charge < -0.3 is 21.1 Å². The lowest BCUT2D eigenvalue weighted by molar-refractivity contribution is -0.143. The predicted molar refractivity (Wildman–Crippen MR) is 54.4 cm³/mol. The molecule has 5 heteroatoms. The van der Waals surface area contributed by atoms with Crippen molar-refractivity contribution < 1.29 is 20.1 Å². The van der Waals surface area contributed by atoms with Crippen LogP contribution < -0.4 is 5.73 Å². The van der Waals surface area contributed by atoms with Gasteiger partial charge in [-0.15, -0.1) is 0 Å². The first-order valence-electron chi connectivity index (χ1n) is 4.65. The Balaban J connectivity index is 2.67. The fourth-order valence-electron chi connectivity index (χ4n) is 1.52. The molecule has 0 saturated carbocycles. The van der Waals surface area contributed by atoms with E-state index in [-0.39, 0.29) is 23.9 Å². The number of hydrogen-bond acceptors (Lipinski definition) is 4. The maximum absolute atomic E-state index is 10.8. The summed E-state index contributed by atoms with van der Waals surface area (Å²) in [5, 5.41) is 27.2. The third-order valence-electron chi connectivity index (χ3n) is 2.44. The van der Waals surface area contributed by atoms with Gasteiger partial charge in [-0.05, 0) is 37.8 Å². The Kier molecular flexibility index (Phi) is 3.04. The second kappa shape index (κ2) is 3.94. The maximum atomic E-state index is 10.8. The predicted octanol–water partition coefficient (Wildman–Crippen LogP) is 1.08. The number of hydrogen-bond donors (Lipinski definition) is 4. The van der Waals surface area contributed by atoms with E-state index >= 15 is 0 Å². The zero-order valence-electron chi connectivity index (χ0n) is 8.47. The number of nitrogens with two attached hydrogens (primary N) is 1. The molecule has 84 valence electrons. The van der Waals surface area contributed by atoms with E-state index < -0.39 is 11.5 Å². The molecular weight excluding hydrogens is 198 g/mol. The summed E-state index contributed by atoms with van der Waals surface area (Å²) in [6, 6.07) is 0. The summed E-state index contributed by atoms with van der Waals surface area (Å²) in [5.74, 6) is -1.62. The van der Waals surface area contributed by atoms with Gasteiger partial charge in [-0.3, -0.25) is 4.79 Å². The van der Waals surface area contributed by atoms with E-state index in [0.29, 0.717) is 6.42 Å². The lowest BCUT2D eigenvalue weighted by Crippen LogP contribution is -2.46. The number of carbonyl (C=O) groups is 1. The van der Waals surface area contributed by atoms with Gasteiger partial charge in [0.25, 0.3) is 0 Å². The van der Waals surface area contributed by atoms with Crippen molar-refractivity contribution in [2.24, 2.45) is 11.7 Å². The second-order valence-corrected chi connectivity index (χ2v) is 4.06. The average molecular weight is 213 g/mol. The van der Waals surface area contributed by atoms with Crippen molar-refractivity contribution in [1.82, 2.24) is 0 Å². The molecule has 0 aliphatic heterocycles. The first kappa shape index (κ1) is 11.6. The number of allylic oxidation sites excluding steroid dienone is 2. The summed E-state index contributed by atoms with van der Waals surface area (Å²) in [5.41, 5.74) is 4.26. The van der Waals surface area contributed by atoms with Gasteiger partial charge in [-0.1, -0.05) is 0 Å². The Bertz CT molecular complexity index is 330. The molecule has 0 aromatic heterocycles. The highest BCUT2D eigenvalue weighted by atomic mass is 16.4. The minimum absolute atomic E-state index is 0.160. The standard InChI is InChI=1S/C10H15NO4/c1-10(11,9(14)15)5-6-2-3-7(12)8(13)4-6/h3-4,6,12-13H,2,5,11H2,1H3,(H,14,15)/t6?,10-/m1/s1. The van der Waals surface area contributed by atoms with Gasteiger partial charge >= 0.3 is 5.97 Å². The van der Waals surface area contributed by atoms with E-state index in [0.717, 1.165) is 0 Å². The van der Waals surface area contributed by atoms with Crippen molar-refractivity contribution in [3.05, 3.63) is 23.7 Å². The molecule has 0 radical (unpaired) electrons. The zero-order valence-corrected chi connectivity index (χ0v) is 8.47. The number of carboxylic acid groups (broad SMARTS) is 1. The van der Waals surface area contributed by atoms with Crippen molar-refractivity contribution >= 4 is 5.97 Å². The molecule has 15 heavy (non-hydrogen) atoms. The van der Waals surface area contributed by atoms with E-state index in [1.807, 2.05) is 0 Å². The number of aliphatic carboxylic acids is 1. The highest BCUT2D eigenvalue weighted by Crippen LogP contribution is 2.26. The van der Waals surface area contributed by atoms with Crippen LogP contribution in [0.5, 0.6) is 0 Å². The molecule has 0 heterocycles. The number of aliphatic hydroxyl groups is 2. The minimum atomic E-state index is -1.32. The van der Waals surface area contributed by atoms with Crippen molar-refractivity contribution in [3.63, 3.8) is 0 Å². The SMILES string of the molecule is C[C@@](N)(CC1C=C(O)C(O)=CC1)C(=O)O. The molecule has 1 aliphatic carbocycles. The smallest absolute Gasteiger partial charge is 0.323 e. The van der Waals surface area contributed by atoms with Crippen LogP contribution in [0, 0.1) is 5.92 Å². The van der Waals surface area contributed by atoms with Crippen LogP contribution in [-0.4, -0.2) is 26.8 Å². The van der Waals surface area contributed by atoms with Crippen molar-refractivity contribution in [2.45, 2.75) is 25.3 Å². The van der Waals surface area contributed by atoms with Gasteiger partial charge in [0, 0.05) is 0 Å². The van der Waals surface area contributed by atoms with Crippen molar-refractivity contribution in [1.29, 1.82) is 0 Å². The monoisotopic (exact) mass is 213 g/mol. The molecule has 0 amide bonds. The third kappa shape index (κ3) is 2.73. The number of carboxylic acids is 1. The number of rotatable bonds is 3. The van der Waals surface area contributed by atoms with E-state index in [2.05, 4.69) is 0 Å². The van der Waals surface area contributed by atoms with Crippen LogP contribution in [-0.2, 0) is 4.79 Å². The highest BCUT2D eigenvalue weighted by molar-refractivity contribution is 5.77. The Morgan fingerprint density at radius 3 is 2.67 bits per heavy atom. The summed E-state index contributed by atoms with van der Waals surface area (Å²) < 4.78 is 0. The van der Waals surface area contributed by atoms with Gasteiger partial charge in [-0.2, -0.15) is 0 Å². The highest BCUT2D eigenvalue weighted by Gasteiger charge is 2.31. The molecular formula is C10H15NO4. The van der Waals surface area contributed by atoms with Crippen molar-refractivity contribution in [3.8, 4) is 0 Å². The van der Waals surface area contributed by atoms with Gasteiger partial charge in [0.1, 0.15) is 5.54 Å². The molecule has 1 aliphatic rings. The molecule has 0 saturated heterocycles. The summed E-state index contributed by atoms with van der Waals surface area (Å²) >= 11 is 0. The normalized spacial score (nSPS) is 25.1. The molecule has 2 atom stereocenters. The number of aliphatic hydroxyl groups excluding tert-OH is 2. The average Bonchev–Trinajstić information content (AvgIpc) is 2.10. The van der Waals surface area contributed by atoms with E-state index in [9.17, 15) is 9.90 Å². The Morgan fingerprint density at radius 1 is 1.60 bits per heavy atom. The summed E-state index contributed by atoms with van der Waals surface area (Å²) in [7, 11) is 0. The van der Waals surface area contributed by atoms with Gasteiger partial charge in [0.05, 0.1) is 0 Å². The lowest BCUT2D eigenvalue weighted by Gasteiger charge is -2.25. The van der Waals surface area contributed by atoms with Gasteiger partial charge in [-0.25, -0.2) is 0 Å². The molecule has 0 aromatic carbocycles. The van der Waals surface area contributed by atoms with Gasteiger partial charge in [0.15, 0.2) is 11.5 Å². The largest absolute Gasteiger partial charge is 0.504 e. The Labute approximate surface area is 87.5 Å². The lowest BCUT2D eigenvalue weighted by atomic mass is 9.85. The first-order chi connectivity index (χ1) is 6.83. The van der Waals surface area contributed by atoms with Crippen LogP contribution in [0.25, 0.3) is 0 Å². The Hall–Kier alpha value is -1.49. The van der Waals surface area contributed by atoms with Crippen LogP contribution in [0.1, 0.15) is 19.8 Å². The molecule has 5 N–H and O–H groups in total. The molecule has 5 nitrogen and oxygen atoms in total. The van der Waals surface area contributed by atoms with Gasteiger partial charge in [0.2, 0.25) is 0 Å². The van der Waals surface area contributed by atoms with Crippen LogP contribution in [0.4, 0.5) is 0 Å². The summed E-state index contributed by atoms with van der Waals surface area (Å²) in [4.78, 5) is 10.8. The molecule has 0 bridgehead atoms. The fraction of sp³-hybridized carbons (Fsp3) is 0.500. The van der Waals surface area contributed by atoms with E-state index in [1.165, 1.54) is 19.1 Å². The molecule has 0 spiro atoms. The Morgan fingerprint density at radius 2 is 2.20 bits per heavy atom. The topological polar surface area (TPSA) is 104 Å². The van der Waals surface area contributed by atoms with Crippen LogP contribution in [0.15, 0.2) is 23.7 Å². The quantitative estimate of drug-likeness (QED) is 0.561. The minimum Gasteiger partial charge on any atom is -0.504 e. The molecule has 0 aromatic rings. The summed E-state index contributed by atoms with van der Waals surface area (Å²) in [6.45, 7) is 1.43. The second-order valence-electron chi connectivity index (χ2n) is 4.06. The third-order valence-corrected chi connectivity index (χ3v) is 2.44. The van der Waals surface area contributed by atoms with Crippen LogP contribution in [0.3, 0.4) is 0 Å².